The van der Waals surface area contributed by atoms with Gasteiger partial charge in [0.05, 0.1) is 18.2 Å². The summed E-state index contributed by atoms with van der Waals surface area (Å²) >= 11 is 0. The fraction of sp³-hybridized carbons (Fsp3) is 0.500. The van der Waals surface area contributed by atoms with Crippen molar-refractivity contribution in [3.05, 3.63) is 53.5 Å². The molecule has 0 radical (unpaired) electrons. The number of amidine groups is 1. The minimum Gasteiger partial charge on any atom is -0.383 e. The number of ether oxygens (including phenoxy) is 1. The Bertz CT molecular complexity index is 961. The zero-order chi connectivity index (χ0) is 25.4. The van der Waals surface area contributed by atoms with Gasteiger partial charge < -0.3 is 19.4 Å². The summed E-state index contributed by atoms with van der Waals surface area (Å²) in [5.74, 6) is -0.410. The van der Waals surface area contributed by atoms with E-state index in [1.165, 1.54) is 24.0 Å². The highest BCUT2D eigenvalue weighted by atomic mass is 19.1. The zero-order valence-electron chi connectivity index (χ0n) is 21.2. The largest absolute Gasteiger partial charge is 0.383 e. The molecule has 1 aliphatic heterocycles. The number of hydrogen-bond acceptors (Lipinski definition) is 4. The number of carbonyl (C=O) groups excluding carboxylic acids is 2. The van der Waals surface area contributed by atoms with Crippen LogP contribution in [0.2, 0.25) is 0 Å². The quantitative estimate of drug-likeness (QED) is 0.419. The van der Waals surface area contributed by atoms with Gasteiger partial charge >= 0.3 is 0 Å². The number of rotatable bonds is 8. The average Bonchev–Trinajstić information content (AvgIpc) is 2.78. The van der Waals surface area contributed by atoms with Gasteiger partial charge in [0.25, 0.3) is 5.91 Å². The summed E-state index contributed by atoms with van der Waals surface area (Å²) in [5, 5.41) is 0. The van der Waals surface area contributed by atoms with Crippen LogP contribution >= 0.6 is 0 Å². The third kappa shape index (κ3) is 6.76. The standard InChI is InChI=1S/C26H37FN4O3/c1-8-21(17-34-7)31(20(6)32)22-9-10-23(24(27)15-22)26(33)30-13-11-29(12-14-30)25(19(4)5)28-16-18(2)3/h9-10,15-16,21H,4,8,11-14,17H2,1-3,5-7H3/t21-/m1/s1. The summed E-state index contributed by atoms with van der Waals surface area (Å²) in [5.41, 5.74) is 2.35. The van der Waals surface area contributed by atoms with Crippen LogP contribution in [0, 0.1) is 5.82 Å². The Morgan fingerprint density at radius 3 is 2.26 bits per heavy atom. The van der Waals surface area contributed by atoms with E-state index in [0.29, 0.717) is 44.9 Å². The maximum absolute atomic E-state index is 15.1. The minimum atomic E-state index is -0.642. The predicted molar refractivity (Wildman–Crippen MR) is 135 cm³/mol. The van der Waals surface area contributed by atoms with Crippen LogP contribution in [-0.2, 0) is 9.53 Å². The Balaban J connectivity index is 2.17. The average molecular weight is 473 g/mol. The molecule has 1 aromatic rings. The first-order valence-electron chi connectivity index (χ1n) is 11.6. The fourth-order valence-corrected chi connectivity index (χ4v) is 3.99. The van der Waals surface area contributed by atoms with Gasteiger partial charge in [-0.15, -0.1) is 0 Å². The number of aliphatic imine (C=N–C) groups is 1. The summed E-state index contributed by atoms with van der Waals surface area (Å²) in [6.45, 7) is 15.7. The summed E-state index contributed by atoms with van der Waals surface area (Å²) in [4.78, 5) is 35.1. The molecule has 1 aromatic carbocycles. The van der Waals surface area contributed by atoms with E-state index >= 15 is 4.39 Å². The van der Waals surface area contributed by atoms with Gasteiger partial charge in [-0.05, 0) is 51.0 Å². The van der Waals surface area contributed by atoms with E-state index in [0.717, 1.165) is 17.0 Å². The van der Waals surface area contributed by atoms with Gasteiger partial charge in [0.15, 0.2) is 0 Å². The van der Waals surface area contributed by atoms with Crippen molar-refractivity contribution in [1.82, 2.24) is 9.80 Å². The van der Waals surface area contributed by atoms with Crippen LogP contribution in [0.3, 0.4) is 0 Å². The molecule has 0 N–H and O–H groups in total. The molecule has 34 heavy (non-hydrogen) atoms. The Kier molecular flexibility index (Phi) is 9.98. The van der Waals surface area contributed by atoms with Crippen LogP contribution in [0.15, 0.2) is 47.1 Å². The molecule has 1 saturated heterocycles. The Morgan fingerprint density at radius 1 is 1.18 bits per heavy atom. The molecule has 0 unspecified atom stereocenters. The number of piperazine rings is 1. The summed E-state index contributed by atoms with van der Waals surface area (Å²) in [6, 6.07) is 4.13. The van der Waals surface area contributed by atoms with E-state index in [4.69, 9.17) is 4.74 Å². The highest BCUT2D eigenvalue weighted by Crippen LogP contribution is 2.24. The maximum atomic E-state index is 15.1. The van der Waals surface area contributed by atoms with E-state index in [1.54, 1.807) is 24.3 Å². The topological polar surface area (TPSA) is 65.5 Å². The van der Waals surface area contributed by atoms with Gasteiger partial charge in [-0.1, -0.05) is 19.1 Å². The maximum Gasteiger partial charge on any atom is 0.256 e. The molecule has 1 fully saturated rings. The molecule has 0 spiro atoms. The molecule has 2 rings (SSSR count). The number of methoxy groups -OCH3 is 1. The third-order valence-corrected chi connectivity index (χ3v) is 5.69. The van der Waals surface area contributed by atoms with Crippen LogP contribution in [0.1, 0.15) is 51.4 Å². The monoisotopic (exact) mass is 472 g/mol. The molecule has 7 nitrogen and oxygen atoms in total. The molecule has 2 amide bonds. The van der Waals surface area contributed by atoms with Crippen LogP contribution in [-0.4, -0.2) is 73.4 Å². The second kappa shape index (κ2) is 12.5. The lowest BCUT2D eigenvalue weighted by Crippen LogP contribution is -2.51. The first-order valence-corrected chi connectivity index (χ1v) is 11.6. The predicted octanol–water partition coefficient (Wildman–Crippen LogP) is 4.26. The SMILES string of the molecule is C=C(C)C(=NC=C(C)C)N1CCN(C(=O)c2ccc(N(C(C)=O)[C@H](CC)COC)cc2F)CC1. The number of allylic oxidation sites excluding steroid dienone is 1. The molecule has 0 aliphatic carbocycles. The summed E-state index contributed by atoms with van der Waals surface area (Å²) in [6.07, 6.45) is 2.46. The number of anilines is 1. The van der Waals surface area contributed by atoms with Crippen molar-refractivity contribution in [1.29, 1.82) is 0 Å². The second-order valence-electron chi connectivity index (χ2n) is 8.79. The molecule has 1 heterocycles. The van der Waals surface area contributed by atoms with Crippen LogP contribution in [0.5, 0.6) is 0 Å². The third-order valence-electron chi connectivity index (χ3n) is 5.69. The second-order valence-corrected chi connectivity index (χ2v) is 8.79. The molecule has 8 heteroatoms. The molecule has 0 saturated carbocycles. The van der Waals surface area contributed by atoms with Gasteiger partial charge in [-0.2, -0.15) is 0 Å². The molecule has 1 aliphatic rings. The highest BCUT2D eigenvalue weighted by molar-refractivity contribution is 5.99. The van der Waals surface area contributed by atoms with Gasteiger partial charge in [-0.25, -0.2) is 9.38 Å². The first kappa shape index (κ1) is 27.2. The normalized spacial score (nSPS) is 15.1. The number of nitrogens with zero attached hydrogens (tertiary/aromatic N) is 4. The molecular formula is C26H37FN4O3. The van der Waals surface area contributed by atoms with Gasteiger partial charge in [0.2, 0.25) is 5.91 Å². The van der Waals surface area contributed by atoms with Crippen LogP contribution in [0.25, 0.3) is 0 Å². The molecular weight excluding hydrogens is 435 g/mol. The van der Waals surface area contributed by atoms with Gasteiger partial charge in [-0.3, -0.25) is 9.59 Å². The fourth-order valence-electron chi connectivity index (χ4n) is 3.99. The number of benzene rings is 1. The molecule has 186 valence electrons. The van der Waals surface area contributed by atoms with Crippen molar-refractivity contribution in [2.24, 2.45) is 4.99 Å². The van der Waals surface area contributed by atoms with E-state index in [9.17, 15) is 9.59 Å². The molecule has 0 bridgehead atoms. The number of carbonyl (C=O) groups is 2. The lowest BCUT2D eigenvalue weighted by Gasteiger charge is -2.36. The van der Waals surface area contributed by atoms with Gasteiger partial charge in [0, 0.05) is 52.1 Å². The number of amides is 2. The van der Waals surface area contributed by atoms with Crippen molar-refractivity contribution >= 4 is 23.3 Å². The zero-order valence-corrected chi connectivity index (χ0v) is 21.2. The van der Waals surface area contributed by atoms with E-state index in [1.807, 2.05) is 27.7 Å². The molecule has 1 atom stereocenters. The Labute approximate surface area is 202 Å². The van der Waals surface area contributed by atoms with E-state index in [-0.39, 0.29) is 23.4 Å². The number of halogens is 1. The smallest absolute Gasteiger partial charge is 0.256 e. The van der Waals surface area contributed by atoms with Crippen molar-refractivity contribution < 1.29 is 18.7 Å². The number of hydrogen-bond donors (Lipinski definition) is 0. The highest BCUT2D eigenvalue weighted by Gasteiger charge is 2.27. The lowest BCUT2D eigenvalue weighted by atomic mass is 10.1. The Hall–Kier alpha value is -3.00. The van der Waals surface area contributed by atoms with Crippen molar-refractivity contribution in [2.45, 2.75) is 47.1 Å². The van der Waals surface area contributed by atoms with Crippen molar-refractivity contribution in [3.8, 4) is 0 Å². The van der Waals surface area contributed by atoms with Crippen molar-refractivity contribution in [2.75, 3.05) is 44.8 Å². The summed E-state index contributed by atoms with van der Waals surface area (Å²) in [7, 11) is 1.57. The molecule has 0 aromatic heterocycles. The van der Waals surface area contributed by atoms with Gasteiger partial charge in [0.1, 0.15) is 11.7 Å². The van der Waals surface area contributed by atoms with Crippen LogP contribution in [0.4, 0.5) is 10.1 Å². The lowest BCUT2D eigenvalue weighted by molar-refractivity contribution is -0.117. The van der Waals surface area contributed by atoms with E-state index < -0.39 is 5.82 Å². The minimum absolute atomic E-state index is 0.00109. The first-order chi connectivity index (χ1) is 16.1. The van der Waals surface area contributed by atoms with Crippen LogP contribution < -0.4 is 4.90 Å². The summed E-state index contributed by atoms with van der Waals surface area (Å²) < 4.78 is 20.3. The van der Waals surface area contributed by atoms with Crippen molar-refractivity contribution in [3.63, 3.8) is 0 Å². The van der Waals surface area contributed by atoms with E-state index in [2.05, 4.69) is 16.5 Å². The Morgan fingerprint density at radius 2 is 1.79 bits per heavy atom.